The van der Waals surface area contributed by atoms with Crippen molar-refractivity contribution in [2.45, 2.75) is 32.3 Å². The summed E-state index contributed by atoms with van der Waals surface area (Å²) in [6.07, 6.45) is 0. The minimum absolute atomic E-state index is 0.242. The fourth-order valence-electron chi connectivity index (χ4n) is 1.59. The zero-order valence-corrected chi connectivity index (χ0v) is 12.0. The van der Waals surface area contributed by atoms with Crippen molar-refractivity contribution in [2.75, 3.05) is 18.9 Å². The van der Waals surface area contributed by atoms with Gasteiger partial charge in [0.15, 0.2) is 0 Å². The minimum atomic E-state index is 0.242. The van der Waals surface area contributed by atoms with E-state index in [1.54, 1.807) is 11.8 Å². The van der Waals surface area contributed by atoms with Gasteiger partial charge < -0.3 is 10.4 Å². The van der Waals surface area contributed by atoms with Gasteiger partial charge in [-0.15, -0.1) is 11.8 Å². The first kappa shape index (κ1) is 14.5. The Labute approximate surface area is 108 Å². The third-order valence-corrected chi connectivity index (χ3v) is 4.18. The van der Waals surface area contributed by atoms with Crippen molar-refractivity contribution < 1.29 is 5.11 Å². The molecular weight excluding hydrogens is 234 g/mol. The molecule has 0 bridgehead atoms. The molecule has 0 aliphatic rings. The molecule has 0 spiro atoms. The normalized spacial score (nSPS) is 13.0. The molecule has 0 saturated carbocycles. The molecule has 0 radical (unpaired) electrons. The lowest BCUT2D eigenvalue weighted by molar-refractivity contribution is 0.250. The fourth-order valence-corrected chi connectivity index (χ4v) is 2.76. The van der Waals surface area contributed by atoms with Crippen LogP contribution in [0.1, 0.15) is 25.1 Å². The summed E-state index contributed by atoms with van der Waals surface area (Å²) < 4.78 is 1.94. The summed E-state index contributed by atoms with van der Waals surface area (Å²) in [5.74, 6) is 1.25. The van der Waals surface area contributed by atoms with Gasteiger partial charge in [0.1, 0.15) is 0 Å². The molecule has 5 heteroatoms. The molecule has 98 valence electrons. The topological polar surface area (TPSA) is 50.1 Å². The first-order valence-electron chi connectivity index (χ1n) is 6.07. The van der Waals surface area contributed by atoms with E-state index in [-0.39, 0.29) is 6.61 Å². The Morgan fingerprint density at radius 1 is 1.53 bits per heavy atom. The molecule has 0 amide bonds. The summed E-state index contributed by atoms with van der Waals surface area (Å²) in [5, 5.41) is 18.1. The maximum Gasteiger partial charge on any atom is 0.0984 e. The van der Waals surface area contributed by atoms with E-state index in [0.29, 0.717) is 5.92 Å². The van der Waals surface area contributed by atoms with Crippen LogP contribution < -0.4 is 5.32 Å². The number of rotatable bonds is 7. The Hall–Kier alpha value is -0.520. The molecule has 1 rings (SSSR count). The predicted octanol–water partition coefficient (Wildman–Crippen LogP) is 1.56. The second-order valence-electron chi connectivity index (χ2n) is 4.37. The van der Waals surface area contributed by atoms with E-state index < -0.39 is 0 Å². The van der Waals surface area contributed by atoms with Crippen LogP contribution >= 0.6 is 11.8 Å². The van der Waals surface area contributed by atoms with E-state index in [9.17, 15) is 0 Å². The van der Waals surface area contributed by atoms with Gasteiger partial charge >= 0.3 is 0 Å². The summed E-state index contributed by atoms with van der Waals surface area (Å²) in [6, 6.07) is 0. The fraction of sp³-hybridized carbons (Fsp3) is 0.750. The summed E-state index contributed by atoms with van der Waals surface area (Å²) in [7, 11) is 1.98. The number of nitrogens with one attached hydrogen (secondary N) is 1. The maximum absolute atomic E-state index is 9.05. The molecule has 2 N–H and O–H groups in total. The molecule has 17 heavy (non-hydrogen) atoms. The van der Waals surface area contributed by atoms with Crippen LogP contribution in [0.5, 0.6) is 0 Å². The van der Waals surface area contributed by atoms with Gasteiger partial charge in [0, 0.05) is 31.5 Å². The van der Waals surface area contributed by atoms with Crippen LogP contribution in [-0.2, 0) is 13.6 Å². The number of aliphatic hydroxyl groups excluding tert-OH is 1. The highest BCUT2D eigenvalue weighted by molar-refractivity contribution is 7.99. The smallest absolute Gasteiger partial charge is 0.0984 e. The van der Waals surface area contributed by atoms with Gasteiger partial charge in [-0.3, -0.25) is 4.68 Å². The van der Waals surface area contributed by atoms with Gasteiger partial charge in [-0.2, -0.15) is 5.10 Å². The third-order valence-electron chi connectivity index (χ3n) is 2.66. The van der Waals surface area contributed by atoms with Crippen LogP contribution in [0.15, 0.2) is 5.03 Å². The molecule has 0 aromatic carbocycles. The van der Waals surface area contributed by atoms with Crippen LogP contribution in [0.3, 0.4) is 0 Å². The van der Waals surface area contributed by atoms with Crippen molar-refractivity contribution in [1.82, 2.24) is 15.1 Å². The second-order valence-corrected chi connectivity index (χ2v) is 5.38. The summed E-state index contributed by atoms with van der Waals surface area (Å²) in [5.41, 5.74) is 2.37. The number of aromatic nitrogens is 2. The van der Waals surface area contributed by atoms with Gasteiger partial charge in [-0.1, -0.05) is 13.8 Å². The van der Waals surface area contributed by atoms with Gasteiger partial charge in [-0.05, 0) is 19.4 Å². The van der Waals surface area contributed by atoms with Gasteiger partial charge in [-0.25, -0.2) is 0 Å². The average Bonchev–Trinajstić information content (AvgIpc) is 2.58. The summed E-state index contributed by atoms with van der Waals surface area (Å²) >= 11 is 1.78. The molecule has 1 aromatic rings. The molecular formula is C12H23N3OS. The predicted molar refractivity (Wildman–Crippen MR) is 72.3 cm³/mol. The molecule has 1 unspecified atom stereocenters. The average molecular weight is 257 g/mol. The molecule has 0 saturated heterocycles. The molecule has 0 aliphatic carbocycles. The number of aryl methyl sites for hydroxylation is 2. The largest absolute Gasteiger partial charge is 0.396 e. The van der Waals surface area contributed by atoms with Gasteiger partial charge in [0.2, 0.25) is 0 Å². The van der Waals surface area contributed by atoms with Crippen molar-refractivity contribution in [2.24, 2.45) is 13.0 Å². The minimum Gasteiger partial charge on any atom is -0.396 e. The first-order valence-corrected chi connectivity index (χ1v) is 7.05. The zero-order chi connectivity index (χ0) is 12.8. The summed E-state index contributed by atoms with van der Waals surface area (Å²) in [6.45, 7) is 8.28. The molecule has 4 nitrogen and oxygen atoms in total. The number of thioether (sulfide) groups is 1. The van der Waals surface area contributed by atoms with Crippen LogP contribution in [0.25, 0.3) is 0 Å². The highest BCUT2D eigenvalue weighted by atomic mass is 32.2. The van der Waals surface area contributed by atoms with Crippen LogP contribution in [0.2, 0.25) is 0 Å². The number of hydrogen-bond donors (Lipinski definition) is 2. The Kier molecular flexibility index (Phi) is 6.02. The SMILES string of the molecule is CCNCc1c(C)nn(C)c1SCC(C)CO. The van der Waals surface area contributed by atoms with E-state index in [1.165, 1.54) is 10.6 Å². The summed E-state index contributed by atoms with van der Waals surface area (Å²) in [4.78, 5) is 0. The first-order chi connectivity index (χ1) is 8.10. The number of nitrogens with zero attached hydrogens (tertiary/aromatic N) is 2. The van der Waals surface area contributed by atoms with E-state index in [2.05, 4.69) is 24.3 Å². The van der Waals surface area contributed by atoms with Crippen LogP contribution in [-0.4, -0.2) is 33.8 Å². The molecule has 1 aromatic heterocycles. The molecule has 0 aliphatic heterocycles. The van der Waals surface area contributed by atoms with E-state index in [4.69, 9.17) is 5.11 Å². The maximum atomic E-state index is 9.05. The third kappa shape index (κ3) is 4.01. The lowest BCUT2D eigenvalue weighted by Crippen LogP contribution is -2.13. The Bertz CT molecular complexity index is 352. The lowest BCUT2D eigenvalue weighted by Gasteiger charge is -2.10. The number of aliphatic hydroxyl groups is 1. The lowest BCUT2D eigenvalue weighted by atomic mass is 10.2. The highest BCUT2D eigenvalue weighted by Gasteiger charge is 2.14. The van der Waals surface area contributed by atoms with Crippen LogP contribution in [0.4, 0.5) is 0 Å². The van der Waals surface area contributed by atoms with Crippen molar-refractivity contribution >= 4 is 11.8 Å². The molecule has 1 atom stereocenters. The van der Waals surface area contributed by atoms with Crippen molar-refractivity contribution in [3.63, 3.8) is 0 Å². The van der Waals surface area contributed by atoms with E-state index in [1.807, 2.05) is 18.7 Å². The van der Waals surface area contributed by atoms with Crippen molar-refractivity contribution in [3.05, 3.63) is 11.3 Å². The van der Waals surface area contributed by atoms with Crippen molar-refractivity contribution in [3.8, 4) is 0 Å². The van der Waals surface area contributed by atoms with Gasteiger partial charge in [0.25, 0.3) is 0 Å². The van der Waals surface area contributed by atoms with Crippen molar-refractivity contribution in [1.29, 1.82) is 0 Å². The molecule has 1 heterocycles. The zero-order valence-electron chi connectivity index (χ0n) is 11.2. The highest BCUT2D eigenvalue weighted by Crippen LogP contribution is 2.26. The monoisotopic (exact) mass is 257 g/mol. The Morgan fingerprint density at radius 3 is 2.82 bits per heavy atom. The molecule has 0 fully saturated rings. The van der Waals surface area contributed by atoms with Crippen LogP contribution in [0, 0.1) is 12.8 Å². The van der Waals surface area contributed by atoms with Gasteiger partial charge in [0.05, 0.1) is 10.7 Å². The number of hydrogen-bond acceptors (Lipinski definition) is 4. The van der Waals surface area contributed by atoms with E-state index in [0.717, 1.165) is 24.5 Å². The Morgan fingerprint density at radius 2 is 2.24 bits per heavy atom. The second kappa shape index (κ2) is 7.03. The Balaban J connectivity index is 2.74. The quantitative estimate of drug-likeness (QED) is 0.728. The standard InChI is InChI=1S/C12H23N3OS/c1-5-13-6-11-10(3)14-15(4)12(11)17-8-9(2)7-16/h9,13,16H,5-8H2,1-4H3. The van der Waals surface area contributed by atoms with E-state index >= 15 is 0 Å².